The first-order chi connectivity index (χ1) is 14.7. The second-order valence-electron chi connectivity index (χ2n) is 9.29. The van der Waals surface area contributed by atoms with E-state index in [9.17, 15) is 34.5 Å². The maximum Gasteiger partial charge on any atom is 0.673 e. The van der Waals surface area contributed by atoms with Gasteiger partial charge in [0.1, 0.15) is 0 Å². The largest absolute Gasteiger partial charge is 0.673 e. The molecule has 0 aliphatic carbocycles. The minimum atomic E-state index is -6.00. The lowest BCUT2D eigenvalue weighted by Gasteiger charge is -2.36. The van der Waals surface area contributed by atoms with Crippen LogP contribution in [0.1, 0.15) is 78.1 Å². The van der Waals surface area contributed by atoms with Crippen molar-refractivity contribution < 1.29 is 43.5 Å². The zero-order valence-electron chi connectivity index (χ0n) is 19.8. The number of hydrogen-bond acceptors (Lipinski definition) is 0. The van der Waals surface area contributed by atoms with Crippen LogP contribution in [-0.4, -0.2) is 75.8 Å². The molecule has 0 amide bonds. The van der Waals surface area contributed by atoms with Gasteiger partial charge in [0.05, 0.1) is 52.4 Å². The molecule has 0 unspecified atom stereocenters. The normalized spacial score (nSPS) is 19.7. The average molecular weight is 484 g/mol. The minimum Gasteiger partial charge on any atom is -0.418 e. The molecule has 2 saturated heterocycles. The van der Waals surface area contributed by atoms with Gasteiger partial charge in [0.25, 0.3) is 0 Å². The summed E-state index contributed by atoms with van der Waals surface area (Å²) in [5.74, 6) is 0. The molecule has 0 radical (unpaired) electrons. The van der Waals surface area contributed by atoms with Gasteiger partial charge in [0.15, 0.2) is 0 Å². The summed E-state index contributed by atoms with van der Waals surface area (Å²) >= 11 is 0. The Labute approximate surface area is 189 Å². The Kier molecular flexibility index (Phi) is 15.2. The highest BCUT2D eigenvalue weighted by Gasteiger charge is 2.33. The van der Waals surface area contributed by atoms with E-state index in [1.807, 2.05) is 0 Å². The van der Waals surface area contributed by atoms with Crippen molar-refractivity contribution in [3.05, 3.63) is 0 Å². The molecule has 0 aromatic carbocycles. The number of likely N-dealkylation sites (tertiary alicyclic amines) is 2. The number of quaternary nitrogens is 2. The van der Waals surface area contributed by atoms with Crippen LogP contribution in [0.3, 0.4) is 0 Å². The van der Waals surface area contributed by atoms with Crippen molar-refractivity contribution in [2.45, 2.75) is 78.1 Å². The fourth-order valence-corrected chi connectivity index (χ4v) is 5.01. The molecule has 0 saturated carbocycles. The van der Waals surface area contributed by atoms with Crippen LogP contribution in [0.25, 0.3) is 0 Å². The van der Waals surface area contributed by atoms with Crippen molar-refractivity contribution >= 4 is 14.5 Å². The Morgan fingerprint density at radius 1 is 0.469 bits per heavy atom. The molecule has 0 N–H and O–H groups in total. The van der Waals surface area contributed by atoms with Crippen molar-refractivity contribution in [2.24, 2.45) is 0 Å². The van der Waals surface area contributed by atoms with Crippen LogP contribution in [-0.2, 0) is 0 Å². The summed E-state index contributed by atoms with van der Waals surface area (Å²) in [5, 5.41) is 0. The van der Waals surface area contributed by atoms with E-state index in [0.29, 0.717) is 0 Å². The molecule has 2 aliphatic heterocycles. The topological polar surface area (TPSA) is 0 Å². The molecule has 0 bridgehead atoms. The lowest BCUT2D eigenvalue weighted by atomic mass is 10.2. The summed E-state index contributed by atoms with van der Waals surface area (Å²) in [6.07, 6.45) is 14.5. The van der Waals surface area contributed by atoms with Crippen molar-refractivity contribution in [1.82, 2.24) is 0 Å². The third-order valence-electron chi connectivity index (χ3n) is 6.52. The van der Waals surface area contributed by atoms with Crippen molar-refractivity contribution in [3.63, 3.8) is 0 Å². The van der Waals surface area contributed by atoms with Crippen LogP contribution < -0.4 is 0 Å². The van der Waals surface area contributed by atoms with Crippen LogP contribution in [0.2, 0.25) is 0 Å². The van der Waals surface area contributed by atoms with Crippen molar-refractivity contribution in [2.75, 3.05) is 52.4 Å². The van der Waals surface area contributed by atoms with Gasteiger partial charge in [-0.15, -0.1) is 0 Å². The average Bonchev–Trinajstić information content (AvgIpc) is 3.30. The van der Waals surface area contributed by atoms with Gasteiger partial charge in [-0.3, -0.25) is 0 Å². The van der Waals surface area contributed by atoms with Gasteiger partial charge in [0.2, 0.25) is 0 Å². The molecule has 2 aliphatic rings. The van der Waals surface area contributed by atoms with E-state index in [0.717, 1.165) is 0 Å². The summed E-state index contributed by atoms with van der Waals surface area (Å²) in [4.78, 5) is 0. The summed E-state index contributed by atoms with van der Waals surface area (Å²) in [6, 6.07) is 0. The molecular weight excluding hydrogens is 442 g/mol. The molecule has 0 aromatic rings. The summed E-state index contributed by atoms with van der Waals surface area (Å²) < 4.78 is 81.0. The monoisotopic (exact) mass is 484 g/mol. The number of nitrogens with zero attached hydrogens (tertiary/aromatic N) is 2. The van der Waals surface area contributed by atoms with Crippen LogP contribution in [0.15, 0.2) is 0 Å². The van der Waals surface area contributed by atoms with E-state index >= 15 is 0 Å². The molecular formula is C20H42B2F8N2. The SMILES string of the molecule is CCCC[N+]1(CCCC[N+]2(CCCC)CCCC2)CCCC1.F[B-](F)(F)F.F[B-](F)(F)F. The third-order valence-corrected chi connectivity index (χ3v) is 6.52. The molecule has 194 valence electrons. The van der Waals surface area contributed by atoms with E-state index < -0.39 is 14.5 Å². The summed E-state index contributed by atoms with van der Waals surface area (Å²) in [6.45, 7) is 16.5. The quantitative estimate of drug-likeness (QED) is 0.126. The van der Waals surface area contributed by atoms with Crippen molar-refractivity contribution in [1.29, 1.82) is 0 Å². The Morgan fingerprint density at radius 2 is 0.688 bits per heavy atom. The number of rotatable bonds is 11. The second-order valence-corrected chi connectivity index (χ2v) is 9.29. The summed E-state index contributed by atoms with van der Waals surface area (Å²) in [7, 11) is -12.0. The molecule has 0 atom stereocenters. The molecule has 0 spiro atoms. The predicted molar refractivity (Wildman–Crippen MR) is 117 cm³/mol. The Hall–Kier alpha value is -0.510. The van der Waals surface area contributed by atoms with Gasteiger partial charge in [-0.05, 0) is 12.8 Å². The van der Waals surface area contributed by atoms with E-state index in [1.54, 1.807) is 0 Å². The standard InChI is InChI=1S/C20H42N2.2BF4/c1-3-5-13-21(15-7-8-16-21)19-11-12-20-22(14-6-4-2)17-9-10-18-22;2*2-1(3,4)5/h3-20H2,1-2H3;;/q+2;2*-1. The number of halogens is 8. The predicted octanol–water partition coefficient (Wildman–Crippen LogP) is 7.19. The highest BCUT2D eigenvalue weighted by molar-refractivity contribution is 6.50. The van der Waals surface area contributed by atoms with E-state index in [-0.39, 0.29) is 0 Å². The van der Waals surface area contributed by atoms with E-state index in [2.05, 4.69) is 13.8 Å². The molecule has 12 heteroatoms. The van der Waals surface area contributed by atoms with Gasteiger partial charge in [-0.2, -0.15) is 0 Å². The van der Waals surface area contributed by atoms with Crippen LogP contribution >= 0.6 is 0 Å². The molecule has 2 rings (SSSR count). The van der Waals surface area contributed by atoms with Gasteiger partial charge in [-0.1, -0.05) is 26.7 Å². The minimum absolute atomic E-state index is 1.37. The van der Waals surface area contributed by atoms with Gasteiger partial charge in [-0.25, -0.2) is 0 Å². The fraction of sp³-hybridized carbons (Fsp3) is 1.00. The first kappa shape index (κ1) is 31.5. The van der Waals surface area contributed by atoms with Crippen LogP contribution in [0.5, 0.6) is 0 Å². The van der Waals surface area contributed by atoms with Gasteiger partial charge in [0, 0.05) is 38.5 Å². The maximum atomic E-state index is 9.75. The third kappa shape index (κ3) is 18.0. The molecule has 2 heterocycles. The van der Waals surface area contributed by atoms with Crippen molar-refractivity contribution in [3.8, 4) is 0 Å². The number of unbranched alkanes of at least 4 members (excludes halogenated alkanes) is 3. The summed E-state index contributed by atoms with van der Waals surface area (Å²) in [5.41, 5.74) is 0. The maximum absolute atomic E-state index is 9.75. The smallest absolute Gasteiger partial charge is 0.418 e. The first-order valence-electron chi connectivity index (χ1n) is 12.2. The lowest BCUT2D eigenvalue weighted by Crippen LogP contribution is -2.48. The Balaban J connectivity index is 0.000000805. The zero-order chi connectivity index (χ0) is 24.7. The Morgan fingerprint density at radius 3 is 0.906 bits per heavy atom. The molecule has 32 heavy (non-hydrogen) atoms. The zero-order valence-corrected chi connectivity index (χ0v) is 19.8. The lowest BCUT2D eigenvalue weighted by molar-refractivity contribution is -0.923. The highest BCUT2D eigenvalue weighted by Crippen LogP contribution is 2.24. The molecule has 2 fully saturated rings. The van der Waals surface area contributed by atoms with Gasteiger partial charge >= 0.3 is 14.5 Å². The fourth-order valence-electron chi connectivity index (χ4n) is 5.01. The van der Waals surface area contributed by atoms with E-state index in [1.165, 1.54) is 126 Å². The van der Waals surface area contributed by atoms with Crippen LogP contribution in [0, 0.1) is 0 Å². The molecule has 0 aromatic heterocycles. The molecule has 2 nitrogen and oxygen atoms in total. The highest BCUT2D eigenvalue weighted by atomic mass is 19.5. The number of hydrogen-bond donors (Lipinski definition) is 0. The van der Waals surface area contributed by atoms with E-state index in [4.69, 9.17) is 0 Å². The van der Waals surface area contributed by atoms with Gasteiger partial charge < -0.3 is 43.5 Å². The second kappa shape index (κ2) is 15.4. The van der Waals surface area contributed by atoms with Crippen LogP contribution in [0.4, 0.5) is 34.5 Å². The Bertz CT molecular complexity index is 409. The first-order valence-corrected chi connectivity index (χ1v) is 12.2.